The zero-order chi connectivity index (χ0) is 11.4. The lowest BCUT2D eigenvalue weighted by Gasteiger charge is -2.29. The fourth-order valence-corrected chi connectivity index (χ4v) is 2.04. The Morgan fingerprint density at radius 1 is 1.44 bits per heavy atom. The Hall–Kier alpha value is -1.13. The van der Waals surface area contributed by atoms with Crippen LogP contribution in [-0.4, -0.2) is 37.8 Å². The van der Waals surface area contributed by atoms with Crippen molar-refractivity contribution in [2.24, 2.45) is 5.73 Å². The number of aryl methyl sites for hydroxylation is 1. The average Bonchev–Trinajstić information content (AvgIpc) is 2.31. The zero-order valence-electron chi connectivity index (χ0n) is 9.78. The Balaban J connectivity index is 2.14. The highest BCUT2D eigenvalue weighted by atomic mass is 16.5. The molecule has 0 aromatic carbocycles. The second-order valence-electron chi connectivity index (χ2n) is 4.12. The summed E-state index contributed by atoms with van der Waals surface area (Å²) in [5.74, 6) is 1.09. The van der Waals surface area contributed by atoms with Gasteiger partial charge in [-0.2, -0.15) is 0 Å². The number of hydrogen-bond acceptors (Lipinski definition) is 4. The Kier molecular flexibility index (Phi) is 3.74. The normalized spacial score (nSPS) is 16.5. The Morgan fingerprint density at radius 2 is 2.19 bits per heavy atom. The number of nitrogens with two attached hydrogens (primary N) is 1. The highest BCUT2D eigenvalue weighted by Crippen LogP contribution is 2.19. The van der Waals surface area contributed by atoms with Gasteiger partial charge < -0.3 is 15.4 Å². The number of nitrogens with zero attached hydrogens (tertiary/aromatic N) is 2. The third-order valence-electron chi connectivity index (χ3n) is 2.85. The van der Waals surface area contributed by atoms with Gasteiger partial charge in [-0.1, -0.05) is 6.07 Å². The fraction of sp³-hybridized carbons (Fsp3) is 0.583. The van der Waals surface area contributed by atoms with Crippen LogP contribution in [0.5, 0.6) is 0 Å². The molecule has 1 aromatic heterocycles. The van der Waals surface area contributed by atoms with Crippen molar-refractivity contribution in [3.63, 3.8) is 0 Å². The standard InChI is InChI=1S/C12H19N3O/c1-10-8-11(2-3-13)9-14-12(10)15-4-6-16-7-5-15/h8-9H,2-7,13H2,1H3. The van der Waals surface area contributed by atoms with E-state index in [4.69, 9.17) is 10.5 Å². The van der Waals surface area contributed by atoms with Crippen LogP contribution in [0, 0.1) is 6.92 Å². The maximum atomic E-state index is 5.54. The summed E-state index contributed by atoms with van der Waals surface area (Å²) in [5, 5.41) is 0. The average molecular weight is 221 g/mol. The molecule has 4 nitrogen and oxygen atoms in total. The smallest absolute Gasteiger partial charge is 0.131 e. The number of rotatable bonds is 3. The minimum absolute atomic E-state index is 0.679. The molecule has 0 aliphatic carbocycles. The van der Waals surface area contributed by atoms with Crippen molar-refractivity contribution in [3.8, 4) is 0 Å². The molecule has 0 amide bonds. The van der Waals surface area contributed by atoms with Crippen molar-refractivity contribution in [1.82, 2.24) is 4.98 Å². The largest absolute Gasteiger partial charge is 0.378 e. The lowest BCUT2D eigenvalue weighted by Crippen LogP contribution is -2.37. The van der Waals surface area contributed by atoms with Gasteiger partial charge in [0, 0.05) is 19.3 Å². The molecule has 0 atom stereocenters. The first-order valence-corrected chi connectivity index (χ1v) is 5.79. The van der Waals surface area contributed by atoms with Gasteiger partial charge in [-0.05, 0) is 31.0 Å². The minimum atomic E-state index is 0.679. The van der Waals surface area contributed by atoms with Crippen molar-refractivity contribution in [2.75, 3.05) is 37.7 Å². The molecule has 88 valence electrons. The molecule has 4 heteroatoms. The van der Waals surface area contributed by atoms with E-state index in [1.54, 1.807) is 0 Å². The molecule has 0 unspecified atom stereocenters. The van der Waals surface area contributed by atoms with Crippen molar-refractivity contribution in [2.45, 2.75) is 13.3 Å². The third-order valence-corrected chi connectivity index (χ3v) is 2.85. The van der Waals surface area contributed by atoms with Gasteiger partial charge in [0.15, 0.2) is 0 Å². The van der Waals surface area contributed by atoms with Crippen molar-refractivity contribution < 1.29 is 4.74 Å². The number of pyridine rings is 1. The van der Waals surface area contributed by atoms with E-state index < -0.39 is 0 Å². The quantitative estimate of drug-likeness (QED) is 0.817. The predicted octanol–water partition coefficient (Wildman–Crippen LogP) is 0.728. The predicted molar refractivity (Wildman–Crippen MR) is 64.8 cm³/mol. The van der Waals surface area contributed by atoms with Crippen LogP contribution >= 0.6 is 0 Å². The van der Waals surface area contributed by atoms with E-state index in [9.17, 15) is 0 Å². The van der Waals surface area contributed by atoms with Crippen molar-refractivity contribution in [1.29, 1.82) is 0 Å². The van der Waals surface area contributed by atoms with Crippen LogP contribution in [0.2, 0.25) is 0 Å². The molecule has 16 heavy (non-hydrogen) atoms. The molecule has 1 aromatic rings. The molecular formula is C12H19N3O. The second-order valence-corrected chi connectivity index (χ2v) is 4.12. The summed E-state index contributed by atoms with van der Waals surface area (Å²) in [6.07, 6.45) is 2.84. The lowest BCUT2D eigenvalue weighted by atomic mass is 10.1. The van der Waals surface area contributed by atoms with Crippen LogP contribution in [0.4, 0.5) is 5.82 Å². The van der Waals surface area contributed by atoms with Gasteiger partial charge in [0.1, 0.15) is 5.82 Å². The molecule has 1 saturated heterocycles. The summed E-state index contributed by atoms with van der Waals surface area (Å²) in [4.78, 5) is 6.82. The first-order chi connectivity index (χ1) is 7.81. The van der Waals surface area contributed by atoms with Gasteiger partial charge in [0.05, 0.1) is 13.2 Å². The van der Waals surface area contributed by atoms with Gasteiger partial charge in [-0.25, -0.2) is 4.98 Å². The lowest BCUT2D eigenvalue weighted by molar-refractivity contribution is 0.122. The highest BCUT2D eigenvalue weighted by Gasteiger charge is 2.14. The van der Waals surface area contributed by atoms with Gasteiger partial charge in [0.2, 0.25) is 0 Å². The molecule has 1 aliphatic heterocycles. The second kappa shape index (κ2) is 5.27. The minimum Gasteiger partial charge on any atom is -0.378 e. The summed E-state index contributed by atoms with van der Waals surface area (Å²) in [6, 6.07) is 2.19. The number of ether oxygens (including phenoxy) is 1. The van der Waals surface area contributed by atoms with Crippen LogP contribution in [0.3, 0.4) is 0 Å². The maximum absolute atomic E-state index is 5.54. The Morgan fingerprint density at radius 3 is 2.81 bits per heavy atom. The van der Waals surface area contributed by atoms with E-state index in [0.29, 0.717) is 6.54 Å². The molecule has 0 spiro atoms. The number of anilines is 1. The first kappa shape index (κ1) is 11.4. The highest BCUT2D eigenvalue weighted by molar-refractivity contribution is 5.47. The van der Waals surface area contributed by atoms with Crippen LogP contribution in [0.15, 0.2) is 12.3 Å². The van der Waals surface area contributed by atoms with Gasteiger partial charge in [-0.3, -0.25) is 0 Å². The molecule has 0 saturated carbocycles. The van der Waals surface area contributed by atoms with Crippen LogP contribution in [0.1, 0.15) is 11.1 Å². The number of aromatic nitrogens is 1. The number of morpholine rings is 1. The van der Waals surface area contributed by atoms with Gasteiger partial charge in [0.25, 0.3) is 0 Å². The Bertz CT molecular complexity index is 348. The van der Waals surface area contributed by atoms with Crippen LogP contribution < -0.4 is 10.6 Å². The monoisotopic (exact) mass is 221 g/mol. The third kappa shape index (κ3) is 2.51. The summed E-state index contributed by atoms with van der Waals surface area (Å²) in [6.45, 7) is 6.25. The van der Waals surface area contributed by atoms with E-state index >= 15 is 0 Å². The zero-order valence-corrected chi connectivity index (χ0v) is 9.78. The topological polar surface area (TPSA) is 51.4 Å². The van der Waals surface area contributed by atoms with E-state index in [-0.39, 0.29) is 0 Å². The molecular weight excluding hydrogens is 202 g/mol. The van der Waals surface area contributed by atoms with E-state index in [1.807, 2.05) is 6.20 Å². The molecule has 2 rings (SSSR count). The van der Waals surface area contributed by atoms with E-state index in [1.165, 1.54) is 11.1 Å². The van der Waals surface area contributed by atoms with Gasteiger partial charge >= 0.3 is 0 Å². The van der Waals surface area contributed by atoms with Gasteiger partial charge in [-0.15, -0.1) is 0 Å². The fourth-order valence-electron chi connectivity index (χ4n) is 2.04. The maximum Gasteiger partial charge on any atom is 0.131 e. The molecule has 0 bridgehead atoms. The SMILES string of the molecule is Cc1cc(CCN)cnc1N1CCOCC1. The number of hydrogen-bond donors (Lipinski definition) is 1. The summed E-state index contributed by atoms with van der Waals surface area (Å²) < 4.78 is 5.34. The van der Waals surface area contributed by atoms with Crippen LogP contribution in [-0.2, 0) is 11.2 Å². The summed E-state index contributed by atoms with van der Waals surface area (Å²) in [7, 11) is 0. The van der Waals surface area contributed by atoms with Crippen molar-refractivity contribution in [3.05, 3.63) is 23.4 Å². The molecule has 0 radical (unpaired) electrons. The van der Waals surface area contributed by atoms with E-state index in [2.05, 4.69) is 22.9 Å². The molecule has 2 N–H and O–H groups in total. The first-order valence-electron chi connectivity index (χ1n) is 5.79. The molecule has 1 aliphatic rings. The Labute approximate surface area is 96.4 Å². The van der Waals surface area contributed by atoms with Crippen molar-refractivity contribution >= 4 is 5.82 Å². The van der Waals surface area contributed by atoms with Crippen LogP contribution in [0.25, 0.3) is 0 Å². The summed E-state index contributed by atoms with van der Waals surface area (Å²) >= 11 is 0. The molecule has 1 fully saturated rings. The molecule has 2 heterocycles. The van der Waals surface area contributed by atoms with E-state index in [0.717, 1.165) is 38.5 Å². The summed E-state index contributed by atoms with van der Waals surface area (Å²) in [5.41, 5.74) is 7.99.